The summed E-state index contributed by atoms with van der Waals surface area (Å²) in [5.74, 6) is 0.511. The smallest absolute Gasteiger partial charge is 0.321 e. The quantitative estimate of drug-likeness (QED) is 0.869. The molecule has 2 heterocycles. The Morgan fingerprint density at radius 2 is 2.19 bits per heavy atom. The zero-order valence-corrected chi connectivity index (χ0v) is 11.4. The minimum absolute atomic E-state index is 0.131. The Bertz CT molecular complexity index is 505. The standard InChI is InChI=1S/C9H7BrClN3OS/c1-2-15-9-13-7(12-8(11)14-9)5-3-16-4-6(5)10/h3-4H,2H2,1H3. The average Bonchev–Trinajstić information content (AvgIpc) is 2.64. The molecule has 0 aliphatic rings. The van der Waals surface area contributed by atoms with Crippen molar-refractivity contribution in [3.8, 4) is 17.4 Å². The molecule has 2 aromatic heterocycles. The van der Waals surface area contributed by atoms with E-state index in [4.69, 9.17) is 16.3 Å². The lowest BCUT2D eigenvalue weighted by Crippen LogP contribution is -2.01. The highest BCUT2D eigenvalue weighted by Gasteiger charge is 2.11. The molecule has 0 aliphatic carbocycles. The summed E-state index contributed by atoms with van der Waals surface area (Å²) in [5.41, 5.74) is 0.884. The van der Waals surface area contributed by atoms with Gasteiger partial charge in [0.15, 0.2) is 5.82 Å². The van der Waals surface area contributed by atoms with Gasteiger partial charge in [-0.2, -0.15) is 26.3 Å². The maximum absolute atomic E-state index is 5.80. The number of halogens is 2. The van der Waals surface area contributed by atoms with E-state index in [0.29, 0.717) is 12.4 Å². The fourth-order valence-corrected chi connectivity index (χ4v) is 2.69. The molecule has 0 fully saturated rings. The van der Waals surface area contributed by atoms with Crippen LogP contribution in [0.25, 0.3) is 11.4 Å². The van der Waals surface area contributed by atoms with Crippen LogP contribution in [0.4, 0.5) is 0 Å². The second kappa shape index (κ2) is 5.07. The highest BCUT2D eigenvalue weighted by Crippen LogP contribution is 2.30. The van der Waals surface area contributed by atoms with Gasteiger partial charge < -0.3 is 4.74 Å². The van der Waals surface area contributed by atoms with Crippen LogP contribution in [0, 0.1) is 0 Å². The number of rotatable bonds is 3. The van der Waals surface area contributed by atoms with Gasteiger partial charge in [0.1, 0.15) is 0 Å². The first-order valence-corrected chi connectivity index (χ1v) is 6.58. The predicted octanol–water partition coefficient (Wildman–Crippen LogP) is 3.41. The van der Waals surface area contributed by atoms with Gasteiger partial charge in [0, 0.05) is 20.8 Å². The van der Waals surface area contributed by atoms with E-state index in [9.17, 15) is 0 Å². The zero-order valence-electron chi connectivity index (χ0n) is 8.28. The van der Waals surface area contributed by atoms with E-state index in [1.165, 1.54) is 0 Å². The third-order valence-electron chi connectivity index (χ3n) is 1.72. The molecule has 7 heteroatoms. The SMILES string of the molecule is CCOc1nc(Cl)nc(-c2cscc2Br)n1. The Kier molecular flexibility index (Phi) is 3.73. The van der Waals surface area contributed by atoms with Crippen molar-refractivity contribution in [3.05, 3.63) is 20.5 Å². The highest BCUT2D eigenvalue weighted by atomic mass is 79.9. The number of ether oxygens (including phenoxy) is 1. The third kappa shape index (κ3) is 2.50. The van der Waals surface area contributed by atoms with Crippen molar-refractivity contribution in [3.63, 3.8) is 0 Å². The molecule has 0 spiro atoms. The summed E-state index contributed by atoms with van der Waals surface area (Å²) < 4.78 is 6.14. The van der Waals surface area contributed by atoms with Gasteiger partial charge in [0.05, 0.1) is 6.61 Å². The summed E-state index contributed by atoms with van der Waals surface area (Å²) in [5, 5.41) is 4.02. The van der Waals surface area contributed by atoms with Crippen LogP contribution in [0.5, 0.6) is 6.01 Å². The van der Waals surface area contributed by atoms with Gasteiger partial charge in [-0.15, -0.1) is 0 Å². The van der Waals surface area contributed by atoms with Crippen LogP contribution in [0.3, 0.4) is 0 Å². The largest absolute Gasteiger partial charge is 0.464 e. The molecule has 0 saturated heterocycles. The van der Waals surface area contributed by atoms with E-state index in [1.807, 2.05) is 17.7 Å². The molecule has 0 N–H and O–H groups in total. The van der Waals surface area contributed by atoms with Gasteiger partial charge in [0.2, 0.25) is 5.28 Å². The van der Waals surface area contributed by atoms with E-state index in [0.717, 1.165) is 10.0 Å². The van der Waals surface area contributed by atoms with Crippen molar-refractivity contribution < 1.29 is 4.74 Å². The van der Waals surface area contributed by atoms with Gasteiger partial charge in [-0.1, -0.05) is 0 Å². The molecule has 4 nitrogen and oxygen atoms in total. The van der Waals surface area contributed by atoms with Crippen molar-refractivity contribution in [2.75, 3.05) is 6.61 Å². The predicted molar refractivity (Wildman–Crippen MR) is 67.0 cm³/mol. The molecule has 2 aromatic rings. The Morgan fingerprint density at radius 3 is 2.81 bits per heavy atom. The number of hydrogen-bond donors (Lipinski definition) is 0. The molecule has 0 bridgehead atoms. The minimum Gasteiger partial charge on any atom is -0.464 e. The van der Waals surface area contributed by atoms with Crippen molar-refractivity contribution in [1.29, 1.82) is 0 Å². The topological polar surface area (TPSA) is 47.9 Å². The molecule has 0 saturated carbocycles. The number of nitrogens with zero attached hydrogens (tertiary/aromatic N) is 3. The van der Waals surface area contributed by atoms with Crippen LogP contribution < -0.4 is 4.74 Å². The average molecular weight is 321 g/mol. The molecule has 0 radical (unpaired) electrons. The van der Waals surface area contributed by atoms with Gasteiger partial charge >= 0.3 is 6.01 Å². The molecule has 0 aromatic carbocycles. The molecule has 0 atom stereocenters. The second-order valence-electron chi connectivity index (χ2n) is 2.78. The fourth-order valence-electron chi connectivity index (χ4n) is 1.09. The highest BCUT2D eigenvalue weighted by molar-refractivity contribution is 9.10. The van der Waals surface area contributed by atoms with Gasteiger partial charge in [-0.05, 0) is 34.5 Å². The normalized spacial score (nSPS) is 10.4. The fraction of sp³-hybridized carbons (Fsp3) is 0.222. The molecule has 0 unspecified atom stereocenters. The van der Waals surface area contributed by atoms with Crippen molar-refractivity contribution in [2.24, 2.45) is 0 Å². The molecular weight excluding hydrogens is 314 g/mol. The van der Waals surface area contributed by atoms with E-state index in [2.05, 4.69) is 30.9 Å². The lowest BCUT2D eigenvalue weighted by atomic mass is 10.3. The molecule has 0 aliphatic heterocycles. The van der Waals surface area contributed by atoms with Crippen LogP contribution in [0.1, 0.15) is 6.92 Å². The first-order valence-electron chi connectivity index (χ1n) is 4.47. The van der Waals surface area contributed by atoms with E-state index < -0.39 is 0 Å². The Balaban J connectivity index is 2.45. The van der Waals surface area contributed by atoms with Gasteiger partial charge in [-0.3, -0.25) is 0 Å². The zero-order chi connectivity index (χ0) is 11.5. The molecule has 16 heavy (non-hydrogen) atoms. The summed E-state index contributed by atoms with van der Waals surface area (Å²) in [4.78, 5) is 12.1. The minimum atomic E-state index is 0.131. The van der Waals surface area contributed by atoms with Crippen LogP contribution in [0.2, 0.25) is 5.28 Å². The molecule has 2 rings (SSSR count). The molecule has 0 amide bonds. The Labute approximate surface area is 110 Å². The summed E-state index contributed by atoms with van der Waals surface area (Å²) in [6, 6.07) is 0.246. The van der Waals surface area contributed by atoms with Crippen LogP contribution in [-0.4, -0.2) is 21.6 Å². The maximum Gasteiger partial charge on any atom is 0.321 e. The monoisotopic (exact) mass is 319 g/mol. The van der Waals surface area contributed by atoms with Crippen LogP contribution in [0.15, 0.2) is 15.2 Å². The Hall–Kier alpha value is -0.720. The Morgan fingerprint density at radius 1 is 1.38 bits per heavy atom. The summed E-state index contributed by atoms with van der Waals surface area (Å²) in [6.07, 6.45) is 0. The molecule has 84 valence electrons. The second-order valence-corrected chi connectivity index (χ2v) is 4.71. The number of aromatic nitrogens is 3. The summed E-state index contributed by atoms with van der Waals surface area (Å²) in [6.45, 7) is 2.35. The first kappa shape index (κ1) is 11.8. The third-order valence-corrected chi connectivity index (χ3v) is 3.59. The summed E-state index contributed by atoms with van der Waals surface area (Å²) >= 11 is 10.8. The molecular formula is C9H7BrClN3OS. The lowest BCUT2D eigenvalue weighted by molar-refractivity contribution is 0.312. The number of thiophene rings is 1. The van der Waals surface area contributed by atoms with Crippen LogP contribution in [-0.2, 0) is 0 Å². The van der Waals surface area contributed by atoms with Gasteiger partial charge in [0.25, 0.3) is 0 Å². The first-order chi connectivity index (χ1) is 7.70. The van der Waals surface area contributed by atoms with Crippen molar-refractivity contribution in [2.45, 2.75) is 6.92 Å². The number of hydrogen-bond acceptors (Lipinski definition) is 5. The lowest BCUT2D eigenvalue weighted by Gasteiger charge is -2.03. The van der Waals surface area contributed by atoms with E-state index in [-0.39, 0.29) is 11.3 Å². The van der Waals surface area contributed by atoms with E-state index >= 15 is 0 Å². The summed E-state index contributed by atoms with van der Waals surface area (Å²) in [7, 11) is 0. The maximum atomic E-state index is 5.80. The van der Waals surface area contributed by atoms with Crippen LogP contribution >= 0.6 is 38.9 Å². The van der Waals surface area contributed by atoms with Crippen molar-refractivity contribution >= 4 is 38.9 Å². The van der Waals surface area contributed by atoms with E-state index in [1.54, 1.807) is 11.3 Å². The van der Waals surface area contributed by atoms with Crippen molar-refractivity contribution in [1.82, 2.24) is 15.0 Å². The van der Waals surface area contributed by atoms with Gasteiger partial charge in [-0.25, -0.2) is 0 Å².